The standard InChI is InChI=1S/C15H15NS/c1-10-14-13(16-15(10)8-4-5-9-15)11-6-2-3-7-12(11)17-14/h2-3,6-7H,4-5,8-9H2,1H3. The molecule has 0 amide bonds. The van der Waals surface area contributed by atoms with E-state index in [2.05, 4.69) is 31.2 Å². The van der Waals surface area contributed by atoms with Crippen LogP contribution in [0.4, 0.5) is 0 Å². The first-order chi connectivity index (χ1) is 8.30. The smallest absolute Gasteiger partial charge is 0.0844 e. The molecule has 4 rings (SSSR count). The van der Waals surface area contributed by atoms with Crippen LogP contribution in [0.3, 0.4) is 0 Å². The summed E-state index contributed by atoms with van der Waals surface area (Å²) in [6, 6.07) is 8.67. The maximum atomic E-state index is 5.13. The number of nitrogens with zero attached hydrogens (tertiary/aromatic N) is 1. The van der Waals surface area contributed by atoms with E-state index in [1.54, 1.807) is 0 Å². The van der Waals surface area contributed by atoms with Crippen molar-refractivity contribution in [2.24, 2.45) is 4.99 Å². The maximum Gasteiger partial charge on any atom is 0.0844 e. The predicted molar refractivity (Wildman–Crippen MR) is 72.9 cm³/mol. The number of rotatable bonds is 0. The van der Waals surface area contributed by atoms with E-state index in [0.29, 0.717) is 0 Å². The monoisotopic (exact) mass is 241 g/mol. The second kappa shape index (κ2) is 3.20. The predicted octanol–water partition coefficient (Wildman–Crippen LogP) is 3.02. The normalized spacial score (nSPS) is 21.1. The summed E-state index contributed by atoms with van der Waals surface area (Å²) in [5.74, 6) is 0. The summed E-state index contributed by atoms with van der Waals surface area (Å²) in [4.78, 5) is 5.13. The third-order valence-electron chi connectivity index (χ3n) is 4.36. The molecule has 0 radical (unpaired) electrons. The minimum atomic E-state index is 0.186. The van der Waals surface area contributed by atoms with Gasteiger partial charge in [-0.3, -0.25) is 4.99 Å². The summed E-state index contributed by atoms with van der Waals surface area (Å²) in [5.41, 5.74) is 1.72. The van der Waals surface area contributed by atoms with Crippen molar-refractivity contribution < 1.29 is 0 Å². The molecule has 1 fully saturated rings. The third kappa shape index (κ3) is 1.17. The number of hydrogen-bond donors (Lipinski definition) is 0. The van der Waals surface area contributed by atoms with E-state index < -0.39 is 0 Å². The second-order valence-corrected chi connectivity index (χ2v) is 6.30. The first-order valence-corrected chi connectivity index (χ1v) is 7.21. The lowest BCUT2D eigenvalue weighted by molar-refractivity contribution is 0.565. The van der Waals surface area contributed by atoms with Gasteiger partial charge in [-0.25, -0.2) is 0 Å². The number of fused-ring (bicyclic) bond motifs is 3. The molecule has 2 aromatic rings. The van der Waals surface area contributed by atoms with Gasteiger partial charge in [0.05, 0.1) is 15.4 Å². The molecule has 1 aromatic heterocycles. The van der Waals surface area contributed by atoms with Crippen LogP contribution in [0.15, 0.2) is 29.3 Å². The summed E-state index contributed by atoms with van der Waals surface area (Å²) in [5, 5.41) is 2.64. The van der Waals surface area contributed by atoms with Crippen molar-refractivity contribution in [3.8, 4) is 0 Å². The van der Waals surface area contributed by atoms with Crippen molar-refractivity contribution in [2.45, 2.75) is 38.1 Å². The highest BCUT2D eigenvalue weighted by Crippen LogP contribution is 2.41. The molecule has 2 aliphatic rings. The minimum absolute atomic E-state index is 0.186. The zero-order valence-electron chi connectivity index (χ0n) is 9.99. The molecule has 1 aliphatic carbocycles. The van der Waals surface area contributed by atoms with Crippen molar-refractivity contribution in [1.82, 2.24) is 0 Å². The third-order valence-corrected chi connectivity index (χ3v) is 5.64. The lowest BCUT2D eigenvalue weighted by Gasteiger charge is -2.21. The van der Waals surface area contributed by atoms with Gasteiger partial charge in [-0.05, 0) is 31.4 Å². The van der Waals surface area contributed by atoms with Gasteiger partial charge in [0.2, 0.25) is 0 Å². The fourth-order valence-electron chi connectivity index (χ4n) is 3.35. The van der Waals surface area contributed by atoms with E-state index in [-0.39, 0.29) is 5.54 Å². The Balaban J connectivity index is 2.13. The van der Waals surface area contributed by atoms with Crippen LogP contribution in [0.5, 0.6) is 0 Å². The Labute approximate surface area is 105 Å². The molecule has 0 bridgehead atoms. The van der Waals surface area contributed by atoms with Crippen LogP contribution in [0.2, 0.25) is 0 Å². The lowest BCUT2D eigenvalue weighted by Crippen LogP contribution is -2.21. The molecule has 1 spiro atoms. The van der Waals surface area contributed by atoms with Gasteiger partial charge < -0.3 is 0 Å². The zero-order chi connectivity index (χ0) is 11.5. The zero-order valence-corrected chi connectivity index (χ0v) is 10.8. The molecule has 2 heterocycles. The van der Waals surface area contributed by atoms with Crippen molar-refractivity contribution >= 4 is 27.0 Å². The van der Waals surface area contributed by atoms with Gasteiger partial charge in [-0.2, -0.15) is 0 Å². The molecule has 17 heavy (non-hydrogen) atoms. The molecule has 1 aromatic carbocycles. The molecule has 86 valence electrons. The van der Waals surface area contributed by atoms with Crippen LogP contribution in [-0.4, -0.2) is 5.54 Å². The molecule has 0 atom stereocenters. The number of hydrogen-bond acceptors (Lipinski definition) is 2. The highest BCUT2D eigenvalue weighted by Gasteiger charge is 2.38. The van der Waals surface area contributed by atoms with E-state index in [9.17, 15) is 0 Å². The van der Waals surface area contributed by atoms with Crippen molar-refractivity contribution in [1.29, 1.82) is 0 Å². The summed E-state index contributed by atoms with van der Waals surface area (Å²) in [7, 11) is 0. The van der Waals surface area contributed by atoms with Crippen LogP contribution >= 0.6 is 11.3 Å². The summed E-state index contributed by atoms with van der Waals surface area (Å²) >= 11 is 1.92. The Hall–Kier alpha value is -1.15. The summed E-state index contributed by atoms with van der Waals surface area (Å²) in [6.45, 7) is 2.30. The Kier molecular flexibility index (Phi) is 1.85. The fourth-order valence-corrected chi connectivity index (χ4v) is 4.59. The van der Waals surface area contributed by atoms with E-state index in [4.69, 9.17) is 4.99 Å². The van der Waals surface area contributed by atoms with Gasteiger partial charge in [-0.1, -0.05) is 31.0 Å². The molecular formula is C15H15NS. The van der Waals surface area contributed by atoms with Crippen molar-refractivity contribution in [2.75, 3.05) is 0 Å². The Morgan fingerprint density at radius 1 is 1.18 bits per heavy atom. The average molecular weight is 241 g/mol. The fraction of sp³-hybridized carbons (Fsp3) is 0.400. The minimum Gasteiger partial charge on any atom is -0.272 e. The lowest BCUT2D eigenvalue weighted by atomic mass is 9.91. The molecule has 0 saturated heterocycles. The highest BCUT2D eigenvalue weighted by atomic mass is 32.1. The molecule has 0 N–H and O–H groups in total. The topological polar surface area (TPSA) is 12.4 Å². The van der Waals surface area contributed by atoms with Gasteiger partial charge >= 0.3 is 0 Å². The Bertz CT molecular complexity index is 717. The van der Waals surface area contributed by atoms with Gasteiger partial charge in [0, 0.05) is 10.1 Å². The molecule has 2 heteroatoms. The van der Waals surface area contributed by atoms with Crippen LogP contribution in [0, 0.1) is 0 Å². The Morgan fingerprint density at radius 3 is 2.76 bits per heavy atom. The number of benzene rings is 1. The quantitative estimate of drug-likeness (QED) is 0.672. The first kappa shape index (κ1) is 9.84. The summed E-state index contributed by atoms with van der Waals surface area (Å²) < 4.78 is 2.83. The van der Waals surface area contributed by atoms with E-state index in [1.807, 2.05) is 11.3 Å². The molecule has 0 unspecified atom stereocenters. The molecule has 1 saturated carbocycles. The van der Waals surface area contributed by atoms with Crippen LogP contribution in [0.25, 0.3) is 15.7 Å². The number of thiophene rings is 1. The van der Waals surface area contributed by atoms with Crippen LogP contribution in [0.1, 0.15) is 32.6 Å². The Morgan fingerprint density at radius 2 is 1.94 bits per heavy atom. The van der Waals surface area contributed by atoms with Gasteiger partial charge in [-0.15, -0.1) is 11.3 Å². The SMILES string of the molecule is CC1=c2sc3ccccc3c2=NC12CCCC2. The van der Waals surface area contributed by atoms with Gasteiger partial charge in [0.25, 0.3) is 0 Å². The van der Waals surface area contributed by atoms with Crippen LogP contribution in [-0.2, 0) is 0 Å². The van der Waals surface area contributed by atoms with Gasteiger partial charge in [0.15, 0.2) is 0 Å². The van der Waals surface area contributed by atoms with Gasteiger partial charge in [0.1, 0.15) is 0 Å². The largest absolute Gasteiger partial charge is 0.272 e. The van der Waals surface area contributed by atoms with E-state index in [1.165, 1.54) is 51.2 Å². The van der Waals surface area contributed by atoms with E-state index in [0.717, 1.165) is 0 Å². The van der Waals surface area contributed by atoms with E-state index >= 15 is 0 Å². The maximum absolute atomic E-state index is 5.13. The second-order valence-electron chi connectivity index (χ2n) is 5.25. The summed E-state index contributed by atoms with van der Waals surface area (Å²) in [6.07, 6.45) is 5.20. The molecule has 1 nitrogen and oxygen atoms in total. The highest BCUT2D eigenvalue weighted by molar-refractivity contribution is 7.17. The van der Waals surface area contributed by atoms with Crippen molar-refractivity contribution in [3.05, 3.63) is 34.2 Å². The first-order valence-electron chi connectivity index (χ1n) is 6.39. The molecule has 1 aliphatic heterocycles. The molecular weight excluding hydrogens is 226 g/mol. The van der Waals surface area contributed by atoms with Crippen molar-refractivity contribution in [3.63, 3.8) is 0 Å². The van der Waals surface area contributed by atoms with Crippen LogP contribution < -0.4 is 9.89 Å². The average Bonchev–Trinajstić information content (AvgIpc) is 3.01.